The lowest BCUT2D eigenvalue weighted by Gasteiger charge is -2.18. The SMILES string of the molecule is CC1(C)Cc2cccc(Oc3ccc(C#N)cn3)c2O1. The molecule has 4 nitrogen and oxygen atoms in total. The number of hydrogen-bond donors (Lipinski definition) is 0. The van der Waals surface area contributed by atoms with E-state index in [0.717, 1.165) is 17.7 Å². The summed E-state index contributed by atoms with van der Waals surface area (Å²) in [7, 11) is 0. The van der Waals surface area contributed by atoms with E-state index in [1.54, 1.807) is 12.1 Å². The van der Waals surface area contributed by atoms with Gasteiger partial charge in [0.2, 0.25) is 5.88 Å². The summed E-state index contributed by atoms with van der Waals surface area (Å²) in [5.41, 5.74) is 1.44. The Morgan fingerprint density at radius 3 is 2.85 bits per heavy atom. The van der Waals surface area contributed by atoms with Crippen LogP contribution < -0.4 is 9.47 Å². The molecule has 1 aromatic heterocycles. The van der Waals surface area contributed by atoms with Gasteiger partial charge in [-0.15, -0.1) is 0 Å². The Bertz CT molecular complexity index is 685. The largest absolute Gasteiger partial charge is 0.483 e. The highest BCUT2D eigenvalue weighted by molar-refractivity contribution is 5.51. The van der Waals surface area contributed by atoms with Crippen molar-refractivity contribution < 1.29 is 9.47 Å². The third-order valence-electron chi connectivity index (χ3n) is 3.13. The minimum Gasteiger partial charge on any atom is -0.483 e. The van der Waals surface area contributed by atoms with E-state index >= 15 is 0 Å². The average molecular weight is 266 g/mol. The highest BCUT2D eigenvalue weighted by Gasteiger charge is 2.32. The van der Waals surface area contributed by atoms with Crippen LogP contribution in [0.15, 0.2) is 36.5 Å². The number of pyridine rings is 1. The first-order valence-corrected chi connectivity index (χ1v) is 6.42. The van der Waals surface area contributed by atoms with Crippen LogP contribution in [-0.2, 0) is 6.42 Å². The van der Waals surface area contributed by atoms with Gasteiger partial charge in [-0.3, -0.25) is 0 Å². The van der Waals surface area contributed by atoms with Crippen molar-refractivity contribution in [2.45, 2.75) is 25.9 Å². The lowest BCUT2D eigenvalue weighted by atomic mass is 10.0. The predicted molar refractivity (Wildman–Crippen MR) is 73.9 cm³/mol. The summed E-state index contributed by atoms with van der Waals surface area (Å²) in [6, 6.07) is 11.2. The monoisotopic (exact) mass is 266 g/mol. The molecule has 20 heavy (non-hydrogen) atoms. The average Bonchev–Trinajstić information content (AvgIpc) is 2.75. The van der Waals surface area contributed by atoms with Crippen molar-refractivity contribution in [3.63, 3.8) is 0 Å². The summed E-state index contributed by atoms with van der Waals surface area (Å²) in [5.74, 6) is 1.89. The zero-order valence-electron chi connectivity index (χ0n) is 11.4. The van der Waals surface area contributed by atoms with Crippen LogP contribution in [-0.4, -0.2) is 10.6 Å². The number of benzene rings is 1. The molecule has 1 aliphatic heterocycles. The molecule has 3 rings (SSSR count). The summed E-state index contributed by atoms with van der Waals surface area (Å²) in [5, 5.41) is 8.75. The first kappa shape index (κ1) is 12.5. The molecule has 2 heterocycles. The summed E-state index contributed by atoms with van der Waals surface area (Å²) < 4.78 is 11.7. The molecule has 4 heteroatoms. The Morgan fingerprint density at radius 1 is 1.30 bits per heavy atom. The quantitative estimate of drug-likeness (QED) is 0.835. The lowest BCUT2D eigenvalue weighted by Crippen LogP contribution is -2.24. The van der Waals surface area contributed by atoms with E-state index in [9.17, 15) is 0 Å². The molecule has 2 aromatic rings. The van der Waals surface area contributed by atoms with Crippen LogP contribution in [0.1, 0.15) is 25.0 Å². The Balaban J connectivity index is 1.89. The van der Waals surface area contributed by atoms with Crippen LogP contribution in [0.3, 0.4) is 0 Å². The Labute approximate surface area is 117 Å². The van der Waals surface area contributed by atoms with E-state index in [1.165, 1.54) is 6.20 Å². The molecule has 0 spiro atoms. The normalized spacial score (nSPS) is 15.1. The molecular weight excluding hydrogens is 252 g/mol. The Hall–Kier alpha value is -2.54. The summed E-state index contributed by atoms with van der Waals surface area (Å²) in [6.45, 7) is 4.10. The molecule has 0 fully saturated rings. The van der Waals surface area contributed by atoms with Crippen molar-refractivity contribution in [3.05, 3.63) is 47.7 Å². The van der Waals surface area contributed by atoms with Gasteiger partial charge in [-0.25, -0.2) is 4.98 Å². The van der Waals surface area contributed by atoms with Gasteiger partial charge in [0, 0.05) is 24.2 Å². The minimum absolute atomic E-state index is 0.208. The van der Waals surface area contributed by atoms with Crippen molar-refractivity contribution in [3.8, 4) is 23.4 Å². The number of ether oxygens (including phenoxy) is 2. The van der Waals surface area contributed by atoms with Gasteiger partial charge in [-0.1, -0.05) is 12.1 Å². The van der Waals surface area contributed by atoms with Gasteiger partial charge >= 0.3 is 0 Å². The molecular formula is C16H14N2O2. The molecule has 1 aromatic carbocycles. The predicted octanol–water partition coefficient (Wildman–Crippen LogP) is 3.46. The Kier molecular flexibility index (Phi) is 2.83. The second-order valence-electron chi connectivity index (χ2n) is 5.38. The highest BCUT2D eigenvalue weighted by Crippen LogP contribution is 2.42. The van der Waals surface area contributed by atoms with Gasteiger partial charge in [-0.05, 0) is 26.0 Å². The van der Waals surface area contributed by atoms with Crippen LogP contribution in [0, 0.1) is 11.3 Å². The topological polar surface area (TPSA) is 55.1 Å². The van der Waals surface area contributed by atoms with E-state index in [4.69, 9.17) is 14.7 Å². The molecule has 0 atom stereocenters. The maximum atomic E-state index is 8.75. The number of nitrogens with zero attached hydrogens (tertiary/aromatic N) is 2. The number of para-hydroxylation sites is 1. The summed E-state index contributed by atoms with van der Waals surface area (Å²) in [6.07, 6.45) is 2.35. The molecule has 0 amide bonds. The van der Waals surface area contributed by atoms with Crippen LogP contribution in [0.4, 0.5) is 0 Å². The smallest absolute Gasteiger partial charge is 0.219 e. The number of rotatable bonds is 2. The number of fused-ring (bicyclic) bond motifs is 1. The summed E-state index contributed by atoms with van der Waals surface area (Å²) >= 11 is 0. The Morgan fingerprint density at radius 2 is 2.15 bits per heavy atom. The van der Waals surface area contributed by atoms with E-state index < -0.39 is 0 Å². The maximum Gasteiger partial charge on any atom is 0.219 e. The number of aromatic nitrogens is 1. The van der Waals surface area contributed by atoms with Gasteiger partial charge in [0.1, 0.15) is 11.7 Å². The van der Waals surface area contributed by atoms with E-state index in [1.807, 2.05) is 24.3 Å². The fraction of sp³-hybridized carbons (Fsp3) is 0.250. The van der Waals surface area contributed by atoms with Crippen LogP contribution in [0.2, 0.25) is 0 Å². The molecule has 1 aliphatic rings. The zero-order chi connectivity index (χ0) is 14.2. The number of hydrogen-bond acceptors (Lipinski definition) is 4. The van der Waals surface area contributed by atoms with Gasteiger partial charge < -0.3 is 9.47 Å². The van der Waals surface area contributed by atoms with E-state index in [0.29, 0.717) is 17.2 Å². The van der Waals surface area contributed by atoms with Gasteiger partial charge in [0.25, 0.3) is 0 Å². The molecule has 0 radical (unpaired) electrons. The van der Waals surface area contributed by atoms with E-state index in [-0.39, 0.29) is 5.60 Å². The molecule has 100 valence electrons. The zero-order valence-corrected chi connectivity index (χ0v) is 11.4. The molecule has 0 bridgehead atoms. The van der Waals surface area contributed by atoms with E-state index in [2.05, 4.69) is 18.8 Å². The van der Waals surface area contributed by atoms with Crippen LogP contribution in [0.25, 0.3) is 0 Å². The molecule has 0 unspecified atom stereocenters. The van der Waals surface area contributed by atoms with Gasteiger partial charge in [0.15, 0.2) is 11.5 Å². The van der Waals surface area contributed by atoms with Crippen molar-refractivity contribution in [1.82, 2.24) is 4.98 Å². The van der Waals surface area contributed by atoms with Crippen molar-refractivity contribution in [1.29, 1.82) is 5.26 Å². The second-order valence-corrected chi connectivity index (χ2v) is 5.38. The van der Waals surface area contributed by atoms with Crippen LogP contribution >= 0.6 is 0 Å². The first-order chi connectivity index (χ1) is 9.57. The summed E-state index contributed by atoms with van der Waals surface area (Å²) in [4.78, 5) is 4.11. The maximum absolute atomic E-state index is 8.75. The fourth-order valence-electron chi connectivity index (χ4n) is 2.29. The standard InChI is InChI=1S/C16H14N2O2/c1-16(2)8-12-4-3-5-13(15(12)20-16)19-14-7-6-11(9-17)10-18-14/h3-7,10H,8H2,1-2H3. The molecule has 0 N–H and O–H groups in total. The molecule has 0 saturated carbocycles. The molecule has 0 saturated heterocycles. The lowest BCUT2D eigenvalue weighted by molar-refractivity contribution is 0.135. The first-order valence-electron chi connectivity index (χ1n) is 6.42. The van der Waals surface area contributed by atoms with Crippen LogP contribution in [0.5, 0.6) is 17.4 Å². The van der Waals surface area contributed by atoms with Crippen molar-refractivity contribution in [2.75, 3.05) is 0 Å². The van der Waals surface area contributed by atoms with Crippen molar-refractivity contribution in [2.24, 2.45) is 0 Å². The van der Waals surface area contributed by atoms with Crippen molar-refractivity contribution >= 4 is 0 Å². The third-order valence-corrected chi connectivity index (χ3v) is 3.13. The second kappa shape index (κ2) is 4.53. The van der Waals surface area contributed by atoms with Gasteiger partial charge in [0.05, 0.1) is 5.56 Å². The fourth-order valence-corrected chi connectivity index (χ4v) is 2.29. The molecule has 0 aliphatic carbocycles. The van der Waals surface area contributed by atoms with Gasteiger partial charge in [-0.2, -0.15) is 5.26 Å². The number of nitriles is 1. The highest BCUT2D eigenvalue weighted by atomic mass is 16.5. The minimum atomic E-state index is -0.208. The third kappa shape index (κ3) is 2.30.